The van der Waals surface area contributed by atoms with Gasteiger partial charge in [0.1, 0.15) is 11.7 Å². The Morgan fingerprint density at radius 3 is 2.64 bits per heavy atom. The van der Waals surface area contributed by atoms with E-state index in [1.165, 1.54) is 0 Å². The number of benzene rings is 1. The van der Waals surface area contributed by atoms with Crippen LogP contribution in [0.4, 0.5) is 17.2 Å². The Hall–Kier alpha value is -1.41. The second kappa shape index (κ2) is 6.00. The summed E-state index contributed by atoms with van der Waals surface area (Å²) in [5.74, 6) is 0.689. The first-order valence-electron chi connectivity index (χ1n) is 6.88. The second-order valence-corrected chi connectivity index (χ2v) is 6.60. The summed E-state index contributed by atoms with van der Waals surface area (Å²) in [6, 6.07) is 7.69. The van der Waals surface area contributed by atoms with Gasteiger partial charge in [-0.3, -0.25) is 4.79 Å². The Kier molecular flexibility index (Phi) is 4.22. The summed E-state index contributed by atoms with van der Waals surface area (Å²) < 4.78 is 1.13. The number of rotatable bonds is 2. The maximum atomic E-state index is 12.6. The van der Waals surface area contributed by atoms with E-state index < -0.39 is 0 Å². The van der Waals surface area contributed by atoms with Crippen LogP contribution in [0.2, 0.25) is 5.28 Å². The first-order chi connectivity index (χ1) is 10.5. The molecule has 1 unspecified atom stereocenters. The number of amides is 1. The molecule has 1 aliphatic rings. The van der Waals surface area contributed by atoms with E-state index in [4.69, 9.17) is 11.6 Å². The van der Waals surface area contributed by atoms with Gasteiger partial charge >= 0.3 is 0 Å². The Balaban J connectivity index is 2.20. The lowest BCUT2D eigenvalue weighted by Crippen LogP contribution is -2.50. The predicted molar refractivity (Wildman–Crippen MR) is 95.8 cm³/mol. The van der Waals surface area contributed by atoms with Gasteiger partial charge in [0, 0.05) is 16.3 Å². The molecular weight excluding hydrogens is 415 g/mol. The van der Waals surface area contributed by atoms with Crippen molar-refractivity contribution in [2.75, 3.05) is 16.8 Å². The third-order valence-corrected chi connectivity index (χ3v) is 4.63. The smallest absolute Gasteiger partial charge is 0.250 e. The van der Waals surface area contributed by atoms with Crippen molar-refractivity contribution in [2.45, 2.75) is 19.4 Å². The molecule has 7 heteroatoms. The highest BCUT2D eigenvalue weighted by Crippen LogP contribution is 2.39. The molecule has 2 aromatic rings. The van der Waals surface area contributed by atoms with E-state index in [9.17, 15) is 4.79 Å². The summed E-state index contributed by atoms with van der Waals surface area (Å²) in [5.41, 5.74) is 1.59. The Morgan fingerprint density at radius 2 is 2.00 bits per heavy atom. The van der Waals surface area contributed by atoms with Crippen LogP contribution in [0.1, 0.15) is 13.3 Å². The van der Waals surface area contributed by atoms with E-state index in [2.05, 4.69) is 32.6 Å². The van der Waals surface area contributed by atoms with E-state index in [-0.39, 0.29) is 17.2 Å². The van der Waals surface area contributed by atoms with Gasteiger partial charge < -0.3 is 9.80 Å². The highest BCUT2D eigenvalue weighted by Gasteiger charge is 2.37. The quantitative estimate of drug-likeness (QED) is 0.541. The lowest BCUT2D eigenvalue weighted by Gasteiger charge is -2.40. The van der Waals surface area contributed by atoms with Crippen molar-refractivity contribution in [1.82, 2.24) is 9.97 Å². The molecule has 0 saturated carbocycles. The molecule has 0 fully saturated rings. The van der Waals surface area contributed by atoms with Gasteiger partial charge in [0.05, 0.1) is 6.20 Å². The van der Waals surface area contributed by atoms with Gasteiger partial charge in [-0.05, 0) is 64.9 Å². The molecule has 0 aliphatic carbocycles. The van der Waals surface area contributed by atoms with Crippen LogP contribution in [0.15, 0.2) is 30.5 Å². The average Bonchev–Trinajstić information content (AvgIpc) is 2.51. The summed E-state index contributed by atoms with van der Waals surface area (Å²) in [6.45, 7) is 1.99. The predicted octanol–water partition coefficient (Wildman–Crippen LogP) is 3.63. The van der Waals surface area contributed by atoms with Crippen LogP contribution in [-0.2, 0) is 4.79 Å². The monoisotopic (exact) mass is 428 g/mol. The molecule has 0 radical (unpaired) electrons. The lowest BCUT2D eigenvalue weighted by atomic mass is 10.1. The van der Waals surface area contributed by atoms with Gasteiger partial charge in [-0.1, -0.05) is 6.92 Å². The number of nitrogens with zero attached hydrogens (tertiary/aromatic N) is 4. The second-order valence-electron chi connectivity index (χ2n) is 5.02. The number of likely N-dealkylation sites (N-methyl/N-ethyl adjacent to an activating group) is 1. The van der Waals surface area contributed by atoms with E-state index in [0.29, 0.717) is 17.9 Å². The standard InChI is InChI=1S/C15H14ClIN4O/c1-3-11-14(22)20(2)12-8-18-15(16)19-13(12)21(11)10-6-4-9(17)5-7-10/h4-8,11H,3H2,1-2H3. The van der Waals surface area contributed by atoms with E-state index in [0.717, 1.165) is 9.26 Å². The maximum absolute atomic E-state index is 12.6. The molecule has 0 spiro atoms. The summed E-state index contributed by atoms with van der Waals surface area (Å²) in [7, 11) is 1.74. The van der Waals surface area contributed by atoms with Crippen molar-refractivity contribution in [3.8, 4) is 0 Å². The van der Waals surface area contributed by atoms with Gasteiger partial charge in [0.25, 0.3) is 0 Å². The first kappa shape index (κ1) is 15.5. The molecule has 114 valence electrons. The molecule has 0 bridgehead atoms. The molecule has 0 saturated heterocycles. The third-order valence-electron chi connectivity index (χ3n) is 3.73. The molecule has 1 aromatic heterocycles. The van der Waals surface area contributed by atoms with Crippen molar-refractivity contribution in [3.05, 3.63) is 39.3 Å². The molecule has 5 nitrogen and oxygen atoms in total. The van der Waals surface area contributed by atoms with Crippen LogP contribution in [0.5, 0.6) is 0 Å². The fourth-order valence-electron chi connectivity index (χ4n) is 2.62. The molecule has 1 aromatic carbocycles. The first-order valence-corrected chi connectivity index (χ1v) is 8.33. The maximum Gasteiger partial charge on any atom is 0.250 e. The molecular formula is C15H14ClIN4O. The van der Waals surface area contributed by atoms with Gasteiger partial charge in [0.15, 0.2) is 5.82 Å². The highest BCUT2D eigenvalue weighted by atomic mass is 127. The van der Waals surface area contributed by atoms with Gasteiger partial charge in [-0.2, -0.15) is 4.98 Å². The molecule has 1 aliphatic heterocycles. The van der Waals surface area contributed by atoms with Crippen molar-refractivity contribution in [2.24, 2.45) is 0 Å². The normalized spacial score (nSPS) is 17.6. The number of halogens is 2. The molecule has 0 N–H and O–H groups in total. The summed E-state index contributed by atoms with van der Waals surface area (Å²) in [5, 5.41) is 0.173. The zero-order chi connectivity index (χ0) is 15.9. The van der Waals surface area contributed by atoms with Crippen LogP contribution in [0.3, 0.4) is 0 Å². The Bertz CT molecular complexity index is 722. The molecule has 1 atom stereocenters. The van der Waals surface area contributed by atoms with E-state index >= 15 is 0 Å². The number of fused-ring (bicyclic) bond motifs is 1. The molecule has 1 amide bonds. The fraction of sp³-hybridized carbons (Fsp3) is 0.267. The van der Waals surface area contributed by atoms with Gasteiger partial charge in [0.2, 0.25) is 11.2 Å². The topological polar surface area (TPSA) is 49.3 Å². The molecule has 22 heavy (non-hydrogen) atoms. The highest BCUT2D eigenvalue weighted by molar-refractivity contribution is 14.1. The number of hydrogen-bond donors (Lipinski definition) is 0. The summed E-state index contributed by atoms with van der Waals surface area (Å²) >= 11 is 8.23. The fourth-order valence-corrected chi connectivity index (χ4v) is 3.11. The summed E-state index contributed by atoms with van der Waals surface area (Å²) in [6.07, 6.45) is 2.27. The number of carbonyl (C=O) groups excluding carboxylic acids is 1. The zero-order valence-electron chi connectivity index (χ0n) is 12.1. The van der Waals surface area contributed by atoms with Crippen LogP contribution in [0, 0.1) is 3.57 Å². The van der Waals surface area contributed by atoms with Crippen molar-refractivity contribution in [1.29, 1.82) is 0 Å². The Morgan fingerprint density at radius 1 is 1.32 bits per heavy atom. The van der Waals surface area contributed by atoms with Crippen molar-refractivity contribution >= 4 is 57.3 Å². The zero-order valence-corrected chi connectivity index (χ0v) is 15.0. The van der Waals surface area contributed by atoms with Crippen LogP contribution < -0.4 is 9.80 Å². The number of hydrogen-bond acceptors (Lipinski definition) is 4. The van der Waals surface area contributed by atoms with Crippen molar-refractivity contribution < 1.29 is 4.79 Å². The number of anilines is 3. The largest absolute Gasteiger partial charge is 0.312 e. The minimum absolute atomic E-state index is 0.0273. The SMILES string of the molecule is CCC1C(=O)N(C)c2cnc(Cl)nc2N1c1ccc(I)cc1. The number of carbonyl (C=O) groups is 1. The van der Waals surface area contributed by atoms with E-state index in [1.807, 2.05) is 36.1 Å². The van der Waals surface area contributed by atoms with Crippen LogP contribution >= 0.6 is 34.2 Å². The average molecular weight is 429 g/mol. The van der Waals surface area contributed by atoms with Crippen LogP contribution in [0.25, 0.3) is 0 Å². The lowest BCUT2D eigenvalue weighted by molar-refractivity contribution is -0.119. The summed E-state index contributed by atoms with van der Waals surface area (Å²) in [4.78, 5) is 24.6. The van der Waals surface area contributed by atoms with Crippen molar-refractivity contribution in [3.63, 3.8) is 0 Å². The van der Waals surface area contributed by atoms with Crippen LogP contribution in [-0.4, -0.2) is 29.0 Å². The Labute approximate surface area is 147 Å². The molecule has 2 heterocycles. The number of aromatic nitrogens is 2. The van der Waals surface area contributed by atoms with Gasteiger partial charge in [-0.15, -0.1) is 0 Å². The molecule has 3 rings (SSSR count). The van der Waals surface area contributed by atoms with Gasteiger partial charge in [-0.25, -0.2) is 4.98 Å². The minimum atomic E-state index is -0.302. The minimum Gasteiger partial charge on any atom is -0.312 e. The third kappa shape index (κ3) is 2.54. The van der Waals surface area contributed by atoms with E-state index in [1.54, 1.807) is 18.1 Å².